The van der Waals surface area contributed by atoms with Crippen molar-refractivity contribution in [1.82, 2.24) is 9.47 Å². The highest BCUT2D eigenvalue weighted by atomic mass is 19.1. The van der Waals surface area contributed by atoms with Gasteiger partial charge < -0.3 is 19.3 Å². The summed E-state index contributed by atoms with van der Waals surface area (Å²) < 4.78 is 20.9. The van der Waals surface area contributed by atoms with Gasteiger partial charge in [0, 0.05) is 43.6 Å². The number of nitrogens with zero attached hydrogens (tertiary/aromatic N) is 3. The zero-order chi connectivity index (χ0) is 21.8. The molecule has 2 aliphatic rings. The molecule has 0 fully saturated rings. The molecule has 0 aliphatic carbocycles. The molecule has 7 nitrogen and oxygen atoms in total. The Morgan fingerprint density at radius 1 is 1.29 bits per heavy atom. The fraction of sp³-hybridized carbons (Fsp3) is 0.435. The summed E-state index contributed by atoms with van der Waals surface area (Å²) in [6.07, 6.45) is 4.69. The minimum atomic E-state index is -1.01. The molecule has 1 amide bonds. The highest BCUT2D eigenvalue weighted by Gasteiger charge is 2.26. The van der Waals surface area contributed by atoms with Crippen LogP contribution in [0.4, 0.5) is 4.39 Å². The Morgan fingerprint density at radius 3 is 2.97 bits per heavy atom. The molecule has 2 aliphatic heterocycles. The van der Waals surface area contributed by atoms with E-state index in [1.807, 2.05) is 11.0 Å². The maximum Gasteiger partial charge on any atom is 0.329 e. The van der Waals surface area contributed by atoms with Crippen molar-refractivity contribution in [2.24, 2.45) is 4.99 Å². The highest BCUT2D eigenvalue weighted by molar-refractivity contribution is 5.76. The largest absolute Gasteiger partial charge is 0.480 e. The van der Waals surface area contributed by atoms with Gasteiger partial charge in [-0.05, 0) is 42.5 Å². The molecule has 8 heteroatoms. The van der Waals surface area contributed by atoms with E-state index in [4.69, 9.17) is 14.8 Å². The SMILES string of the molecule is O=C(O)COCCCC(=O)N1CCc2c(n(Cc3cccc(F)c3)c3c2=CCCN=3)C1. The van der Waals surface area contributed by atoms with Crippen molar-refractivity contribution in [3.8, 4) is 0 Å². The molecule has 1 aromatic heterocycles. The number of benzene rings is 1. The monoisotopic (exact) mass is 427 g/mol. The lowest BCUT2D eigenvalue weighted by Crippen LogP contribution is -2.37. The Bertz CT molecular complexity index is 1110. The van der Waals surface area contributed by atoms with Crippen LogP contribution < -0.4 is 10.7 Å². The van der Waals surface area contributed by atoms with Crippen LogP contribution in [0.3, 0.4) is 0 Å². The number of carbonyl (C=O) groups is 2. The molecule has 1 N–H and O–H groups in total. The Labute approximate surface area is 179 Å². The number of fused-ring (bicyclic) bond motifs is 3. The molecule has 2 aromatic rings. The molecule has 31 heavy (non-hydrogen) atoms. The second-order valence-corrected chi connectivity index (χ2v) is 7.87. The molecule has 1 aromatic carbocycles. The average Bonchev–Trinajstić information content (AvgIpc) is 3.06. The van der Waals surface area contributed by atoms with E-state index in [1.54, 1.807) is 6.07 Å². The fourth-order valence-electron chi connectivity index (χ4n) is 4.30. The van der Waals surface area contributed by atoms with Crippen LogP contribution in [-0.4, -0.2) is 52.8 Å². The first-order chi connectivity index (χ1) is 15.0. The molecular weight excluding hydrogens is 401 g/mol. The van der Waals surface area contributed by atoms with E-state index in [1.165, 1.54) is 17.7 Å². The zero-order valence-corrected chi connectivity index (χ0v) is 17.3. The number of aromatic nitrogens is 1. The minimum absolute atomic E-state index is 0.0296. The third-order valence-corrected chi connectivity index (χ3v) is 5.69. The number of ether oxygens (including phenoxy) is 1. The normalized spacial score (nSPS) is 14.9. The van der Waals surface area contributed by atoms with Gasteiger partial charge in [0.05, 0.1) is 6.54 Å². The number of hydrogen-bond donors (Lipinski definition) is 1. The summed E-state index contributed by atoms with van der Waals surface area (Å²) in [6.45, 7) is 2.29. The summed E-state index contributed by atoms with van der Waals surface area (Å²) in [7, 11) is 0. The predicted molar refractivity (Wildman–Crippen MR) is 111 cm³/mol. The van der Waals surface area contributed by atoms with Gasteiger partial charge in [-0.3, -0.25) is 9.79 Å². The second kappa shape index (κ2) is 9.43. The van der Waals surface area contributed by atoms with E-state index in [2.05, 4.69) is 10.6 Å². The van der Waals surface area contributed by atoms with Crippen molar-refractivity contribution in [3.63, 3.8) is 0 Å². The van der Waals surface area contributed by atoms with Gasteiger partial charge in [0.2, 0.25) is 5.91 Å². The van der Waals surface area contributed by atoms with Crippen LogP contribution in [0.5, 0.6) is 0 Å². The van der Waals surface area contributed by atoms with Crippen LogP contribution in [-0.2, 0) is 33.8 Å². The Morgan fingerprint density at radius 2 is 2.16 bits per heavy atom. The number of amides is 1. The molecule has 0 spiro atoms. The smallest absolute Gasteiger partial charge is 0.329 e. The molecule has 164 valence electrons. The molecule has 0 atom stereocenters. The van der Waals surface area contributed by atoms with Crippen LogP contribution in [0.2, 0.25) is 0 Å². The van der Waals surface area contributed by atoms with Gasteiger partial charge in [0.25, 0.3) is 0 Å². The maximum absolute atomic E-state index is 13.7. The summed E-state index contributed by atoms with van der Waals surface area (Å²) in [6, 6.07) is 6.58. The Balaban J connectivity index is 1.52. The summed E-state index contributed by atoms with van der Waals surface area (Å²) >= 11 is 0. The van der Waals surface area contributed by atoms with Gasteiger partial charge >= 0.3 is 5.97 Å². The van der Waals surface area contributed by atoms with Crippen molar-refractivity contribution < 1.29 is 23.8 Å². The lowest BCUT2D eigenvalue weighted by atomic mass is 10.0. The third-order valence-electron chi connectivity index (χ3n) is 5.69. The van der Waals surface area contributed by atoms with Crippen molar-refractivity contribution in [2.75, 3.05) is 26.3 Å². The summed E-state index contributed by atoms with van der Waals surface area (Å²) in [5.41, 5.74) is 4.10. The van der Waals surface area contributed by atoms with Crippen LogP contribution in [0.1, 0.15) is 36.1 Å². The summed E-state index contributed by atoms with van der Waals surface area (Å²) in [5.74, 6) is -1.25. The first kappa shape index (κ1) is 21.2. The Hall–Kier alpha value is -3.00. The molecule has 0 bridgehead atoms. The molecule has 3 heterocycles. The first-order valence-corrected chi connectivity index (χ1v) is 10.6. The fourth-order valence-corrected chi connectivity index (χ4v) is 4.30. The first-order valence-electron chi connectivity index (χ1n) is 10.6. The van der Waals surface area contributed by atoms with E-state index in [0.717, 1.165) is 41.4 Å². The number of aliphatic carboxylic acids is 1. The van der Waals surface area contributed by atoms with Crippen molar-refractivity contribution in [2.45, 2.75) is 38.8 Å². The van der Waals surface area contributed by atoms with E-state index in [0.29, 0.717) is 32.5 Å². The topological polar surface area (TPSA) is 84.1 Å². The van der Waals surface area contributed by atoms with Gasteiger partial charge in [-0.2, -0.15) is 0 Å². The second-order valence-electron chi connectivity index (χ2n) is 7.87. The molecule has 0 saturated heterocycles. The van der Waals surface area contributed by atoms with Gasteiger partial charge in [-0.25, -0.2) is 9.18 Å². The van der Waals surface area contributed by atoms with Gasteiger partial charge in [0.15, 0.2) is 0 Å². The zero-order valence-electron chi connectivity index (χ0n) is 17.3. The molecule has 0 radical (unpaired) electrons. The van der Waals surface area contributed by atoms with Gasteiger partial charge in [-0.15, -0.1) is 0 Å². The van der Waals surface area contributed by atoms with Crippen LogP contribution in [0.25, 0.3) is 6.08 Å². The van der Waals surface area contributed by atoms with Crippen molar-refractivity contribution >= 4 is 18.0 Å². The summed E-state index contributed by atoms with van der Waals surface area (Å²) in [5, 5.41) is 9.76. The number of carbonyl (C=O) groups excluding carboxylic acids is 1. The molecule has 4 rings (SSSR count). The quantitative estimate of drug-likeness (QED) is 0.643. The van der Waals surface area contributed by atoms with E-state index in [9.17, 15) is 14.0 Å². The van der Waals surface area contributed by atoms with Crippen molar-refractivity contribution in [3.05, 3.63) is 57.6 Å². The van der Waals surface area contributed by atoms with Crippen LogP contribution in [0, 0.1) is 5.82 Å². The molecule has 0 unspecified atom stereocenters. The van der Waals surface area contributed by atoms with Crippen LogP contribution in [0.15, 0.2) is 29.3 Å². The van der Waals surface area contributed by atoms with Gasteiger partial charge in [-0.1, -0.05) is 18.2 Å². The maximum atomic E-state index is 13.7. The lowest BCUT2D eigenvalue weighted by Gasteiger charge is -2.28. The van der Waals surface area contributed by atoms with E-state index in [-0.39, 0.29) is 24.9 Å². The van der Waals surface area contributed by atoms with Crippen molar-refractivity contribution in [1.29, 1.82) is 0 Å². The molecular formula is C23H26FN3O4. The minimum Gasteiger partial charge on any atom is -0.480 e. The lowest BCUT2D eigenvalue weighted by molar-refractivity contribution is -0.142. The van der Waals surface area contributed by atoms with E-state index >= 15 is 0 Å². The van der Waals surface area contributed by atoms with Crippen LogP contribution >= 0.6 is 0 Å². The number of carboxylic acid groups (broad SMARTS) is 1. The third kappa shape index (κ3) is 4.85. The molecule has 0 saturated carbocycles. The summed E-state index contributed by atoms with van der Waals surface area (Å²) in [4.78, 5) is 29.8. The Kier molecular flexibility index (Phi) is 6.46. The number of carboxylic acids is 1. The number of hydrogen-bond acceptors (Lipinski definition) is 4. The number of rotatable bonds is 8. The predicted octanol–water partition coefficient (Wildman–Crippen LogP) is 1.25. The van der Waals surface area contributed by atoms with E-state index < -0.39 is 5.97 Å². The van der Waals surface area contributed by atoms with Gasteiger partial charge in [0.1, 0.15) is 17.9 Å². The highest BCUT2D eigenvalue weighted by Crippen LogP contribution is 2.19. The number of halogens is 1. The standard InChI is InChI=1S/C23H26FN3O4/c24-17-5-1-4-16(12-17)13-27-20-14-26(21(28)7-3-11-31-15-22(29)30)10-8-18(20)19-6-2-9-25-23(19)27/h1,4-6,12H,2-3,7-11,13-15H2,(H,29,30). The average molecular weight is 427 g/mol.